The van der Waals surface area contributed by atoms with Crippen molar-refractivity contribution in [1.82, 2.24) is 5.32 Å². The molecule has 0 aromatic heterocycles. The van der Waals surface area contributed by atoms with Crippen molar-refractivity contribution in [2.45, 2.75) is 12.6 Å². The third-order valence-electron chi connectivity index (χ3n) is 2.97. The minimum absolute atomic E-state index is 0.104. The summed E-state index contributed by atoms with van der Waals surface area (Å²) in [4.78, 5) is 0. The summed E-state index contributed by atoms with van der Waals surface area (Å²) in [5.74, 6) is 0. The van der Waals surface area contributed by atoms with E-state index in [0.29, 0.717) is 6.54 Å². The lowest BCUT2D eigenvalue weighted by atomic mass is 10.1. The average molecular weight is 340 g/mol. The van der Waals surface area contributed by atoms with Gasteiger partial charge in [0.25, 0.3) is 0 Å². The van der Waals surface area contributed by atoms with Crippen molar-refractivity contribution in [3.63, 3.8) is 0 Å². The van der Waals surface area contributed by atoms with E-state index in [1.165, 1.54) is 5.56 Å². The highest BCUT2D eigenvalue weighted by Gasteiger charge is 2.12. The topological polar surface area (TPSA) is 38.0 Å². The molecule has 0 saturated heterocycles. The number of rotatable bonds is 5. The first-order valence-electron chi connectivity index (χ1n) is 6.13. The van der Waals surface area contributed by atoms with Gasteiger partial charge in [0.1, 0.15) is 0 Å². The van der Waals surface area contributed by atoms with E-state index in [1.807, 2.05) is 36.4 Å². The molecule has 0 bridgehead atoms. The second kappa shape index (κ2) is 7.06. The van der Waals surface area contributed by atoms with Gasteiger partial charge in [0, 0.05) is 28.6 Å². The van der Waals surface area contributed by atoms with Crippen LogP contribution in [0.3, 0.4) is 0 Å². The summed E-state index contributed by atoms with van der Waals surface area (Å²) in [6, 6.07) is 16.2. The first-order valence-corrected chi connectivity index (χ1v) is 7.30. The third kappa shape index (κ3) is 4.05. The van der Waals surface area contributed by atoms with Gasteiger partial charge in [0.2, 0.25) is 0 Å². The molecule has 0 amide bonds. The molecule has 0 aliphatic rings. The molecule has 0 spiro atoms. The molecule has 0 saturated carbocycles. The van der Waals surface area contributed by atoms with Crippen LogP contribution in [0.4, 0.5) is 0 Å². The summed E-state index contributed by atoms with van der Waals surface area (Å²) in [6.07, 6.45) is 0. The molecule has 2 aromatic carbocycles. The summed E-state index contributed by atoms with van der Waals surface area (Å²) in [6.45, 7) is 1.32. The quantitative estimate of drug-likeness (QED) is 0.867. The predicted octanol–water partition coefficient (Wildman–Crippen LogP) is 3.89. The summed E-state index contributed by atoms with van der Waals surface area (Å²) in [5, 5.41) is 4.18. The second-order valence-electron chi connectivity index (χ2n) is 4.32. The molecule has 0 aliphatic carbocycles. The summed E-state index contributed by atoms with van der Waals surface area (Å²) < 4.78 is 0.982. The van der Waals surface area contributed by atoms with Gasteiger partial charge in [-0.2, -0.15) is 0 Å². The summed E-state index contributed by atoms with van der Waals surface area (Å²) in [5.41, 5.74) is 8.23. The zero-order chi connectivity index (χ0) is 13.7. The Morgan fingerprint density at radius 1 is 1.16 bits per heavy atom. The Morgan fingerprint density at radius 2 is 1.89 bits per heavy atom. The fourth-order valence-electron chi connectivity index (χ4n) is 1.94. The van der Waals surface area contributed by atoms with E-state index < -0.39 is 0 Å². The average Bonchev–Trinajstić information content (AvgIpc) is 2.42. The third-order valence-corrected chi connectivity index (χ3v) is 3.89. The predicted molar refractivity (Wildman–Crippen MR) is 84.2 cm³/mol. The van der Waals surface area contributed by atoms with Gasteiger partial charge in [-0.05, 0) is 23.3 Å². The molecule has 0 radical (unpaired) electrons. The Hall–Kier alpha value is -0.870. The lowest BCUT2D eigenvalue weighted by Gasteiger charge is -2.19. The van der Waals surface area contributed by atoms with Gasteiger partial charge in [-0.3, -0.25) is 0 Å². The summed E-state index contributed by atoms with van der Waals surface area (Å²) >= 11 is 9.49. The van der Waals surface area contributed by atoms with Crippen LogP contribution in [0.25, 0.3) is 0 Å². The molecule has 2 nitrogen and oxygen atoms in total. The van der Waals surface area contributed by atoms with E-state index in [-0.39, 0.29) is 6.04 Å². The highest BCUT2D eigenvalue weighted by Crippen LogP contribution is 2.26. The largest absolute Gasteiger partial charge is 0.329 e. The van der Waals surface area contributed by atoms with Crippen molar-refractivity contribution in [2.24, 2.45) is 5.73 Å². The van der Waals surface area contributed by atoms with Crippen molar-refractivity contribution in [2.75, 3.05) is 6.54 Å². The normalized spacial score (nSPS) is 12.4. The molecule has 2 rings (SSSR count). The van der Waals surface area contributed by atoms with Crippen LogP contribution in [0.5, 0.6) is 0 Å². The molecule has 0 fully saturated rings. The maximum atomic E-state index is 5.96. The Labute approximate surface area is 127 Å². The fraction of sp³-hybridized carbons (Fsp3) is 0.200. The second-order valence-corrected chi connectivity index (χ2v) is 5.61. The number of hydrogen-bond acceptors (Lipinski definition) is 2. The molecule has 100 valence electrons. The Bertz CT molecular complexity index is 531. The molecular formula is C15H16BrClN2. The van der Waals surface area contributed by atoms with Crippen LogP contribution in [0.1, 0.15) is 17.2 Å². The highest BCUT2D eigenvalue weighted by molar-refractivity contribution is 9.10. The Kier molecular flexibility index (Phi) is 5.40. The summed E-state index contributed by atoms with van der Waals surface area (Å²) in [7, 11) is 0. The monoisotopic (exact) mass is 338 g/mol. The van der Waals surface area contributed by atoms with Crippen LogP contribution < -0.4 is 11.1 Å². The Morgan fingerprint density at radius 3 is 2.53 bits per heavy atom. The lowest BCUT2D eigenvalue weighted by Crippen LogP contribution is -2.28. The van der Waals surface area contributed by atoms with Crippen molar-refractivity contribution < 1.29 is 0 Å². The lowest BCUT2D eigenvalue weighted by molar-refractivity contribution is 0.540. The van der Waals surface area contributed by atoms with Crippen LogP contribution >= 0.6 is 27.5 Å². The SMILES string of the molecule is NCC(NCc1ccccc1)c1ccc(Cl)cc1Br. The first kappa shape index (κ1) is 14.5. The van der Waals surface area contributed by atoms with E-state index in [0.717, 1.165) is 21.6 Å². The van der Waals surface area contributed by atoms with E-state index in [2.05, 4.69) is 33.4 Å². The van der Waals surface area contributed by atoms with Gasteiger partial charge in [-0.15, -0.1) is 0 Å². The number of hydrogen-bond donors (Lipinski definition) is 2. The van der Waals surface area contributed by atoms with E-state index in [4.69, 9.17) is 17.3 Å². The van der Waals surface area contributed by atoms with Crippen molar-refractivity contribution in [1.29, 1.82) is 0 Å². The first-order chi connectivity index (χ1) is 9.20. The van der Waals surface area contributed by atoms with Crippen molar-refractivity contribution >= 4 is 27.5 Å². The molecule has 3 N–H and O–H groups in total. The van der Waals surface area contributed by atoms with Gasteiger partial charge in [0.15, 0.2) is 0 Å². The van der Waals surface area contributed by atoms with E-state index in [9.17, 15) is 0 Å². The molecule has 4 heteroatoms. The van der Waals surface area contributed by atoms with Gasteiger partial charge < -0.3 is 11.1 Å². The van der Waals surface area contributed by atoms with E-state index in [1.54, 1.807) is 0 Å². The van der Waals surface area contributed by atoms with Crippen LogP contribution in [-0.2, 0) is 6.54 Å². The minimum Gasteiger partial charge on any atom is -0.329 e. The maximum Gasteiger partial charge on any atom is 0.0458 e. The highest BCUT2D eigenvalue weighted by atomic mass is 79.9. The van der Waals surface area contributed by atoms with Gasteiger partial charge in [-0.25, -0.2) is 0 Å². The molecule has 19 heavy (non-hydrogen) atoms. The standard InChI is InChI=1S/C15H16BrClN2/c16-14-8-12(17)6-7-13(14)15(9-18)19-10-11-4-2-1-3-5-11/h1-8,15,19H,9-10,18H2. The maximum absolute atomic E-state index is 5.96. The van der Waals surface area contributed by atoms with E-state index >= 15 is 0 Å². The minimum atomic E-state index is 0.104. The number of benzene rings is 2. The number of halogens is 2. The van der Waals surface area contributed by atoms with Crippen molar-refractivity contribution in [3.8, 4) is 0 Å². The number of nitrogens with two attached hydrogens (primary N) is 1. The Balaban J connectivity index is 2.08. The van der Waals surface area contributed by atoms with Gasteiger partial charge >= 0.3 is 0 Å². The smallest absolute Gasteiger partial charge is 0.0458 e. The molecule has 2 aromatic rings. The molecule has 1 unspecified atom stereocenters. The molecule has 0 heterocycles. The van der Waals surface area contributed by atoms with Crippen molar-refractivity contribution in [3.05, 3.63) is 69.2 Å². The number of nitrogens with one attached hydrogen (secondary N) is 1. The zero-order valence-corrected chi connectivity index (χ0v) is 12.8. The van der Waals surface area contributed by atoms with Crippen LogP contribution in [0.2, 0.25) is 5.02 Å². The zero-order valence-electron chi connectivity index (χ0n) is 10.4. The fourth-order valence-corrected chi connectivity index (χ4v) is 2.90. The van der Waals surface area contributed by atoms with Gasteiger partial charge in [0.05, 0.1) is 0 Å². The van der Waals surface area contributed by atoms with Crippen LogP contribution in [0, 0.1) is 0 Å². The van der Waals surface area contributed by atoms with Gasteiger partial charge in [-0.1, -0.05) is 63.9 Å². The molecular weight excluding hydrogens is 324 g/mol. The van der Waals surface area contributed by atoms with Crippen LogP contribution in [0.15, 0.2) is 53.0 Å². The molecule has 1 atom stereocenters. The van der Waals surface area contributed by atoms with Crippen LogP contribution in [-0.4, -0.2) is 6.54 Å². The molecule has 0 aliphatic heterocycles.